The van der Waals surface area contributed by atoms with E-state index in [1.165, 1.54) is 12.5 Å². The van der Waals surface area contributed by atoms with Crippen LogP contribution in [0, 0.1) is 11.8 Å². The first kappa shape index (κ1) is 38.4. The maximum Gasteiger partial charge on any atom is 0.332 e. The van der Waals surface area contributed by atoms with E-state index in [0.717, 1.165) is 6.42 Å². The molecule has 0 spiro atoms. The van der Waals surface area contributed by atoms with Crippen LogP contribution >= 0.6 is 0 Å². The number of rotatable bonds is 23. The van der Waals surface area contributed by atoms with Crippen molar-refractivity contribution in [1.29, 1.82) is 0 Å². The van der Waals surface area contributed by atoms with Crippen LogP contribution in [0.1, 0.15) is 77.7 Å². The molecule has 1 fully saturated rings. The first-order chi connectivity index (χ1) is 21.7. The zero-order valence-electron chi connectivity index (χ0n) is 27.5. The monoisotopic (exact) mass is 634 g/mol. The topological polar surface area (TPSA) is 127 Å². The molecule has 1 saturated carbocycles. The van der Waals surface area contributed by atoms with Gasteiger partial charge >= 0.3 is 17.9 Å². The zero-order chi connectivity index (χ0) is 32.9. The number of benzene rings is 1. The molecule has 0 radical (unpaired) electrons. The molecule has 0 unspecified atom stereocenters. The van der Waals surface area contributed by atoms with Gasteiger partial charge in [-0.3, -0.25) is 9.59 Å². The predicted molar refractivity (Wildman–Crippen MR) is 169 cm³/mol. The minimum atomic E-state index is -0.516. The molecule has 1 aromatic carbocycles. The summed E-state index contributed by atoms with van der Waals surface area (Å²) in [6.07, 6.45) is 7.81. The highest BCUT2D eigenvalue weighted by molar-refractivity contribution is 5.71. The quantitative estimate of drug-likeness (QED) is 0.0762. The van der Waals surface area contributed by atoms with E-state index < -0.39 is 24.3 Å². The molecule has 10 nitrogen and oxygen atoms in total. The summed E-state index contributed by atoms with van der Waals surface area (Å²) in [5.41, 5.74) is 1.17. The van der Waals surface area contributed by atoms with Crippen LogP contribution in [0.5, 0.6) is 0 Å². The summed E-state index contributed by atoms with van der Waals surface area (Å²) in [4.78, 5) is 36.6. The van der Waals surface area contributed by atoms with Crippen LogP contribution in [0.15, 0.2) is 42.5 Å². The normalized spacial score (nSPS) is 20.4. The van der Waals surface area contributed by atoms with E-state index in [1.54, 1.807) is 7.11 Å². The average molecular weight is 635 g/mol. The Hall–Kier alpha value is -2.79. The molecule has 0 bridgehead atoms. The lowest BCUT2D eigenvalue weighted by molar-refractivity contribution is -0.157. The Morgan fingerprint density at radius 3 is 2.33 bits per heavy atom. The SMILES string of the molecule is COCCOCCOCC(=O)O[C@@H]1C[C@H](OC(C)=O)[C@H](C/C=C\CCCC(=O)OC(C)C)[C@H]1CC[C@@H](O)CCc1ccccc1. The van der Waals surface area contributed by atoms with Gasteiger partial charge < -0.3 is 33.5 Å². The molecular weight excluding hydrogens is 580 g/mol. The summed E-state index contributed by atoms with van der Waals surface area (Å²) in [6.45, 7) is 6.35. The van der Waals surface area contributed by atoms with Gasteiger partial charge in [0.25, 0.3) is 0 Å². The van der Waals surface area contributed by atoms with E-state index in [9.17, 15) is 19.5 Å². The number of hydrogen-bond donors (Lipinski definition) is 1. The lowest BCUT2D eigenvalue weighted by atomic mass is 9.85. The van der Waals surface area contributed by atoms with Crippen molar-refractivity contribution in [2.45, 2.75) is 103 Å². The van der Waals surface area contributed by atoms with Crippen molar-refractivity contribution in [2.75, 3.05) is 40.1 Å². The van der Waals surface area contributed by atoms with Gasteiger partial charge in [0.15, 0.2) is 0 Å². The number of esters is 3. The molecule has 1 aliphatic carbocycles. The lowest BCUT2D eigenvalue weighted by Crippen LogP contribution is -2.29. The fourth-order valence-corrected chi connectivity index (χ4v) is 5.63. The largest absolute Gasteiger partial charge is 0.463 e. The van der Waals surface area contributed by atoms with Gasteiger partial charge in [0.2, 0.25) is 0 Å². The summed E-state index contributed by atoms with van der Waals surface area (Å²) >= 11 is 0. The number of unbranched alkanes of at least 4 members (excludes halogenated alkanes) is 1. The molecule has 1 N–H and O–H groups in total. The Labute approximate surface area is 268 Å². The first-order valence-corrected chi connectivity index (χ1v) is 16.3. The molecule has 0 aromatic heterocycles. The predicted octanol–water partition coefficient (Wildman–Crippen LogP) is 4.99. The van der Waals surface area contributed by atoms with E-state index >= 15 is 0 Å². The van der Waals surface area contributed by atoms with Crippen molar-refractivity contribution in [1.82, 2.24) is 0 Å². The number of carbonyl (C=O) groups is 3. The maximum atomic E-state index is 12.8. The fraction of sp³-hybridized carbons (Fsp3) is 0.686. The summed E-state index contributed by atoms with van der Waals surface area (Å²) < 4.78 is 32.6. The Bertz CT molecular complexity index is 995. The number of allylic oxidation sites excluding steroid dienone is 2. The highest BCUT2D eigenvalue weighted by Crippen LogP contribution is 2.42. The van der Waals surface area contributed by atoms with Crippen LogP contribution < -0.4 is 0 Å². The number of carbonyl (C=O) groups excluding carboxylic acids is 3. The number of methoxy groups -OCH3 is 1. The molecule has 254 valence electrons. The minimum absolute atomic E-state index is 0.0923. The van der Waals surface area contributed by atoms with Gasteiger partial charge in [-0.15, -0.1) is 0 Å². The second-order valence-corrected chi connectivity index (χ2v) is 11.8. The number of aliphatic hydroxyl groups is 1. The molecule has 2 rings (SSSR count). The molecule has 0 amide bonds. The highest BCUT2D eigenvalue weighted by Gasteiger charge is 2.46. The van der Waals surface area contributed by atoms with Gasteiger partial charge in [-0.2, -0.15) is 0 Å². The summed E-state index contributed by atoms with van der Waals surface area (Å²) in [5, 5.41) is 10.8. The van der Waals surface area contributed by atoms with Gasteiger partial charge in [-0.1, -0.05) is 42.5 Å². The van der Waals surface area contributed by atoms with E-state index in [-0.39, 0.29) is 43.1 Å². The smallest absolute Gasteiger partial charge is 0.332 e. The Morgan fingerprint density at radius 2 is 1.62 bits per heavy atom. The molecule has 10 heteroatoms. The van der Waals surface area contributed by atoms with Crippen molar-refractivity contribution in [3.63, 3.8) is 0 Å². The molecule has 1 aliphatic rings. The van der Waals surface area contributed by atoms with Crippen LogP contribution in [0.25, 0.3) is 0 Å². The standard InChI is InChI=1S/C35H54O10/c1-26(2)43-34(38)15-11-6-5-10-14-30-31(19-18-29(37)17-16-28-12-8-7-9-13-28)33(24-32(30)44-27(3)36)45-35(39)25-42-23-22-41-21-20-40-4/h5,7-10,12-13,26,29-33,37H,6,11,14-25H2,1-4H3/b10-5-/t29-,30+,31+,32-,33+/m0/s1. The third-order valence-corrected chi connectivity index (χ3v) is 7.73. The number of aryl methyl sites for hydroxylation is 1. The van der Waals surface area contributed by atoms with Crippen LogP contribution in [0.4, 0.5) is 0 Å². The van der Waals surface area contributed by atoms with Crippen LogP contribution in [-0.4, -0.2) is 87.6 Å². The summed E-state index contributed by atoms with van der Waals surface area (Å²) in [6, 6.07) is 10.0. The van der Waals surface area contributed by atoms with Crippen molar-refractivity contribution in [3.8, 4) is 0 Å². The van der Waals surface area contributed by atoms with Crippen LogP contribution in [0.2, 0.25) is 0 Å². The first-order valence-electron chi connectivity index (χ1n) is 16.3. The molecule has 5 atom stereocenters. The average Bonchev–Trinajstić information content (AvgIpc) is 3.30. The van der Waals surface area contributed by atoms with Crippen LogP contribution in [0.3, 0.4) is 0 Å². The van der Waals surface area contributed by atoms with Crippen LogP contribution in [-0.2, 0) is 49.2 Å². The number of ether oxygens (including phenoxy) is 6. The fourth-order valence-electron chi connectivity index (χ4n) is 5.63. The van der Waals surface area contributed by atoms with E-state index in [2.05, 4.69) is 0 Å². The van der Waals surface area contributed by atoms with Crippen molar-refractivity contribution in [2.24, 2.45) is 11.8 Å². The molecule has 45 heavy (non-hydrogen) atoms. The summed E-state index contributed by atoms with van der Waals surface area (Å²) in [5.74, 6) is -1.29. The van der Waals surface area contributed by atoms with Gasteiger partial charge in [0.05, 0.1) is 38.6 Å². The van der Waals surface area contributed by atoms with Crippen molar-refractivity contribution < 1.29 is 47.9 Å². The molecule has 0 aliphatic heterocycles. The number of hydrogen-bond acceptors (Lipinski definition) is 10. The number of aliphatic hydroxyl groups excluding tert-OH is 1. The van der Waals surface area contributed by atoms with E-state index in [4.69, 9.17) is 28.4 Å². The Kier molecular flexibility index (Phi) is 19.3. The van der Waals surface area contributed by atoms with E-state index in [0.29, 0.717) is 71.2 Å². The molecule has 1 aromatic rings. The van der Waals surface area contributed by atoms with Gasteiger partial charge in [-0.25, -0.2) is 4.79 Å². The molecule has 0 heterocycles. The molecule has 0 saturated heterocycles. The maximum absolute atomic E-state index is 12.8. The third kappa shape index (κ3) is 16.9. The van der Waals surface area contributed by atoms with Gasteiger partial charge in [0, 0.05) is 38.7 Å². The Morgan fingerprint density at radius 1 is 0.911 bits per heavy atom. The summed E-state index contributed by atoms with van der Waals surface area (Å²) in [7, 11) is 1.60. The third-order valence-electron chi connectivity index (χ3n) is 7.73. The second-order valence-electron chi connectivity index (χ2n) is 11.8. The Balaban J connectivity index is 2.01. The minimum Gasteiger partial charge on any atom is -0.463 e. The zero-order valence-corrected chi connectivity index (χ0v) is 27.5. The second kappa shape index (κ2) is 22.7. The van der Waals surface area contributed by atoms with Crippen molar-refractivity contribution in [3.05, 3.63) is 48.0 Å². The lowest BCUT2D eigenvalue weighted by Gasteiger charge is -2.26. The van der Waals surface area contributed by atoms with E-state index in [1.807, 2.05) is 56.3 Å². The molecular formula is C35H54O10. The van der Waals surface area contributed by atoms with Gasteiger partial charge in [0.1, 0.15) is 18.8 Å². The highest BCUT2D eigenvalue weighted by atomic mass is 16.6. The van der Waals surface area contributed by atoms with Crippen molar-refractivity contribution >= 4 is 17.9 Å². The van der Waals surface area contributed by atoms with Gasteiger partial charge in [-0.05, 0) is 64.4 Å².